The van der Waals surface area contributed by atoms with Crippen LogP contribution in [0.5, 0.6) is 0 Å². The maximum absolute atomic E-state index is 12.7. The summed E-state index contributed by atoms with van der Waals surface area (Å²) in [7, 11) is 0. The van der Waals surface area contributed by atoms with Gasteiger partial charge < -0.3 is 10.6 Å². The third-order valence-electron chi connectivity index (χ3n) is 3.09. The molecule has 0 aliphatic carbocycles. The fourth-order valence-electron chi connectivity index (χ4n) is 1.96. The molecule has 0 aliphatic heterocycles. The summed E-state index contributed by atoms with van der Waals surface area (Å²) in [5.74, 6) is 0. The minimum absolute atomic E-state index is 0.0491. The van der Waals surface area contributed by atoms with Crippen molar-refractivity contribution in [3.05, 3.63) is 65.7 Å². The summed E-state index contributed by atoms with van der Waals surface area (Å²) in [5.41, 5.74) is 0.625. The molecule has 2 nitrogen and oxygen atoms in total. The number of benzene rings is 2. The second-order valence-electron chi connectivity index (χ2n) is 4.81. The van der Waals surface area contributed by atoms with Gasteiger partial charge in [0.2, 0.25) is 0 Å². The molecule has 0 radical (unpaired) electrons. The van der Waals surface area contributed by atoms with Crippen LogP contribution in [0.1, 0.15) is 24.1 Å². The highest BCUT2D eigenvalue weighted by Crippen LogP contribution is 2.30. The highest BCUT2D eigenvalue weighted by atomic mass is 32.1. The molecule has 0 saturated heterocycles. The molecule has 2 rings (SSSR count). The molecule has 1 atom stereocenters. The fraction of sp³-hybridized carbons (Fsp3) is 0.188. The first-order valence-corrected chi connectivity index (χ1v) is 7.07. The predicted octanol–water partition coefficient (Wildman–Crippen LogP) is 4.75. The lowest BCUT2D eigenvalue weighted by molar-refractivity contribution is -0.137. The number of hydrogen-bond donors (Lipinski definition) is 2. The second kappa shape index (κ2) is 6.79. The smallest absolute Gasteiger partial charge is 0.356 e. The Bertz CT molecular complexity index is 641. The molecule has 2 aromatic rings. The zero-order valence-corrected chi connectivity index (χ0v) is 12.6. The van der Waals surface area contributed by atoms with E-state index in [1.54, 1.807) is 0 Å². The van der Waals surface area contributed by atoms with Gasteiger partial charge >= 0.3 is 6.18 Å². The molecule has 0 aliphatic rings. The molecular weight excluding hydrogens is 309 g/mol. The number of hydrogen-bond acceptors (Lipinski definition) is 1. The van der Waals surface area contributed by atoms with Gasteiger partial charge in [0.25, 0.3) is 0 Å². The summed E-state index contributed by atoms with van der Waals surface area (Å²) in [5, 5.41) is 6.09. The van der Waals surface area contributed by atoms with E-state index in [0.717, 1.165) is 17.7 Å². The maximum atomic E-state index is 12.7. The molecule has 2 N–H and O–H groups in total. The van der Waals surface area contributed by atoms with Crippen molar-refractivity contribution in [2.45, 2.75) is 19.1 Å². The lowest BCUT2D eigenvalue weighted by atomic mass is 10.1. The molecule has 22 heavy (non-hydrogen) atoms. The average molecular weight is 324 g/mol. The molecule has 0 saturated carbocycles. The van der Waals surface area contributed by atoms with Crippen molar-refractivity contribution in [1.29, 1.82) is 0 Å². The molecule has 0 amide bonds. The lowest BCUT2D eigenvalue weighted by Gasteiger charge is -2.18. The Kier molecular flexibility index (Phi) is 5.03. The monoisotopic (exact) mass is 324 g/mol. The Balaban J connectivity index is 2.01. The van der Waals surface area contributed by atoms with Crippen LogP contribution in [0.2, 0.25) is 0 Å². The third-order valence-corrected chi connectivity index (χ3v) is 3.31. The van der Waals surface area contributed by atoms with Crippen LogP contribution in [0, 0.1) is 0 Å². The van der Waals surface area contributed by atoms with Gasteiger partial charge in [-0.05, 0) is 42.9 Å². The van der Waals surface area contributed by atoms with Crippen LogP contribution >= 0.6 is 12.2 Å². The zero-order chi connectivity index (χ0) is 16.2. The Morgan fingerprint density at radius 1 is 1.05 bits per heavy atom. The van der Waals surface area contributed by atoms with Crippen molar-refractivity contribution >= 4 is 23.0 Å². The highest BCUT2D eigenvalue weighted by molar-refractivity contribution is 7.80. The van der Waals surface area contributed by atoms with Gasteiger partial charge in [0.05, 0.1) is 11.6 Å². The lowest BCUT2D eigenvalue weighted by Crippen LogP contribution is -2.30. The van der Waals surface area contributed by atoms with Crippen molar-refractivity contribution in [2.75, 3.05) is 5.32 Å². The van der Waals surface area contributed by atoms with Gasteiger partial charge in [-0.3, -0.25) is 0 Å². The first-order valence-electron chi connectivity index (χ1n) is 6.66. The first kappa shape index (κ1) is 16.3. The van der Waals surface area contributed by atoms with E-state index in [1.165, 1.54) is 12.1 Å². The van der Waals surface area contributed by atoms with Crippen LogP contribution in [0.25, 0.3) is 0 Å². The molecule has 0 spiro atoms. The van der Waals surface area contributed by atoms with Crippen molar-refractivity contribution in [2.24, 2.45) is 0 Å². The quantitative estimate of drug-likeness (QED) is 0.797. The number of halogens is 3. The summed E-state index contributed by atoms with van der Waals surface area (Å²) in [6.45, 7) is 1.93. The van der Waals surface area contributed by atoms with E-state index in [9.17, 15) is 13.2 Å². The zero-order valence-electron chi connectivity index (χ0n) is 11.8. The van der Waals surface area contributed by atoms with Crippen molar-refractivity contribution in [3.63, 3.8) is 0 Å². The fourth-order valence-corrected chi connectivity index (χ4v) is 2.26. The molecular formula is C16H15F3N2S. The Labute approximate surface area is 132 Å². The topological polar surface area (TPSA) is 24.1 Å². The minimum Gasteiger partial charge on any atom is -0.356 e. The van der Waals surface area contributed by atoms with Crippen LogP contribution in [-0.4, -0.2) is 5.11 Å². The van der Waals surface area contributed by atoms with E-state index in [0.29, 0.717) is 5.69 Å². The largest absolute Gasteiger partial charge is 0.416 e. The normalized spacial score (nSPS) is 12.5. The number of nitrogens with one attached hydrogen (secondary N) is 2. The first-order chi connectivity index (χ1) is 10.4. The molecule has 0 heterocycles. The van der Waals surface area contributed by atoms with Gasteiger partial charge in [-0.2, -0.15) is 13.2 Å². The summed E-state index contributed by atoms with van der Waals surface area (Å²) < 4.78 is 38.0. The van der Waals surface area contributed by atoms with Gasteiger partial charge in [0.1, 0.15) is 0 Å². The van der Waals surface area contributed by atoms with Crippen LogP contribution in [-0.2, 0) is 6.18 Å². The average Bonchev–Trinajstić information content (AvgIpc) is 2.47. The van der Waals surface area contributed by atoms with Gasteiger partial charge in [-0.25, -0.2) is 0 Å². The highest BCUT2D eigenvalue weighted by Gasteiger charge is 2.30. The third kappa shape index (κ3) is 4.46. The minimum atomic E-state index is -4.37. The molecule has 0 bridgehead atoms. The number of alkyl halides is 3. The summed E-state index contributed by atoms with van der Waals surface area (Å²) in [4.78, 5) is 0. The Morgan fingerprint density at radius 2 is 1.73 bits per heavy atom. The van der Waals surface area contributed by atoms with Crippen LogP contribution in [0.3, 0.4) is 0 Å². The Morgan fingerprint density at radius 3 is 2.36 bits per heavy atom. The van der Waals surface area contributed by atoms with E-state index < -0.39 is 11.7 Å². The number of thiocarbonyl (C=S) groups is 1. The van der Waals surface area contributed by atoms with Crippen molar-refractivity contribution < 1.29 is 13.2 Å². The van der Waals surface area contributed by atoms with Gasteiger partial charge in [0.15, 0.2) is 5.11 Å². The van der Waals surface area contributed by atoms with Crippen LogP contribution in [0.15, 0.2) is 54.6 Å². The van der Waals surface area contributed by atoms with E-state index in [1.807, 2.05) is 37.3 Å². The number of anilines is 1. The van der Waals surface area contributed by atoms with Gasteiger partial charge in [-0.1, -0.05) is 36.4 Å². The SMILES string of the molecule is C[C@@H](NC(=S)Nc1cccc(C(F)(F)F)c1)c1ccccc1. The van der Waals surface area contributed by atoms with Crippen molar-refractivity contribution in [3.8, 4) is 0 Å². The molecule has 6 heteroatoms. The summed E-state index contributed by atoms with van der Waals surface area (Å²) in [6.07, 6.45) is -4.37. The van der Waals surface area contributed by atoms with Crippen molar-refractivity contribution in [1.82, 2.24) is 5.32 Å². The number of rotatable bonds is 3. The van der Waals surface area contributed by atoms with E-state index in [4.69, 9.17) is 12.2 Å². The Hall–Kier alpha value is -2.08. The molecule has 0 unspecified atom stereocenters. The standard InChI is InChI=1S/C16H15F3N2S/c1-11(12-6-3-2-4-7-12)20-15(22)21-14-9-5-8-13(10-14)16(17,18)19/h2-11H,1H3,(H2,20,21,22)/t11-/m1/s1. The predicted molar refractivity (Wildman–Crippen MR) is 85.7 cm³/mol. The van der Waals surface area contributed by atoms with E-state index in [2.05, 4.69) is 10.6 Å². The van der Waals surface area contributed by atoms with Crippen LogP contribution < -0.4 is 10.6 Å². The molecule has 0 fully saturated rings. The second-order valence-corrected chi connectivity index (χ2v) is 5.22. The summed E-state index contributed by atoms with van der Waals surface area (Å²) in [6, 6.07) is 14.5. The molecule has 116 valence electrons. The molecule has 0 aromatic heterocycles. The maximum Gasteiger partial charge on any atom is 0.416 e. The van der Waals surface area contributed by atoms with E-state index >= 15 is 0 Å². The molecule has 2 aromatic carbocycles. The van der Waals surface area contributed by atoms with Crippen LogP contribution in [0.4, 0.5) is 18.9 Å². The van der Waals surface area contributed by atoms with E-state index in [-0.39, 0.29) is 11.2 Å². The van der Waals surface area contributed by atoms with Gasteiger partial charge in [0, 0.05) is 5.69 Å². The summed E-state index contributed by atoms with van der Waals surface area (Å²) >= 11 is 5.15. The van der Waals surface area contributed by atoms with Gasteiger partial charge in [-0.15, -0.1) is 0 Å².